The van der Waals surface area contributed by atoms with E-state index in [0.29, 0.717) is 17.9 Å². The van der Waals surface area contributed by atoms with Crippen LogP contribution in [0.3, 0.4) is 0 Å². The summed E-state index contributed by atoms with van der Waals surface area (Å²) >= 11 is 0. The molecule has 2 N–H and O–H groups in total. The Bertz CT molecular complexity index is 1010. The van der Waals surface area contributed by atoms with Crippen molar-refractivity contribution in [3.05, 3.63) is 47.4 Å². The van der Waals surface area contributed by atoms with E-state index >= 15 is 0 Å². The lowest BCUT2D eigenvalue weighted by Gasteiger charge is -2.44. The van der Waals surface area contributed by atoms with Gasteiger partial charge in [-0.15, -0.1) is 0 Å². The molecule has 3 aliphatic heterocycles. The number of esters is 1. The van der Waals surface area contributed by atoms with Gasteiger partial charge in [-0.2, -0.15) is 0 Å². The van der Waals surface area contributed by atoms with Crippen molar-refractivity contribution in [2.45, 2.75) is 42.3 Å². The van der Waals surface area contributed by atoms with Crippen LogP contribution in [-0.2, 0) is 24.4 Å². The van der Waals surface area contributed by atoms with Crippen LogP contribution < -0.4 is 9.47 Å². The van der Waals surface area contributed by atoms with Gasteiger partial charge in [-0.3, -0.25) is 0 Å². The zero-order valence-electron chi connectivity index (χ0n) is 18.2. The largest absolute Gasteiger partial charge is 0.505 e. The quantitative estimate of drug-likeness (QED) is 0.531. The van der Waals surface area contributed by atoms with E-state index in [0.717, 1.165) is 18.5 Å². The Morgan fingerprint density at radius 2 is 1.94 bits per heavy atom. The van der Waals surface area contributed by atoms with Crippen LogP contribution >= 0.6 is 0 Å². The molecule has 1 aliphatic carbocycles. The normalized spacial score (nSPS) is 36.6. The molecule has 0 bridgehead atoms. The summed E-state index contributed by atoms with van der Waals surface area (Å²) in [6, 6.07) is 6.10. The number of cyclic esters (lactones) is 1. The Balaban J connectivity index is 1.45. The van der Waals surface area contributed by atoms with Gasteiger partial charge < -0.3 is 38.8 Å². The van der Waals surface area contributed by atoms with Crippen molar-refractivity contribution in [2.75, 3.05) is 34.4 Å². The van der Waals surface area contributed by atoms with E-state index in [4.69, 9.17) is 23.7 Å². The first-order chi connectivity index (χ1) is 15.3. The summed E-state index contributed by atoms with van der Waals surface area (Å²) in [4.78, 5) is 13.9. The monoisotopic (exact) mass is 445 g/mol. The topological polar surface area (TPSA) is 107 Å². The van der Waals surface area contributed by atoms with Gasteiger partial charge >= 0.3 is 5.97 Å². The van der Waals surface area contributed by atoms with Crippen LogP contribution in [0.1, 0.15) is 18.4 Å². The number of hydrogen-bond donors (Lipinski definition) is 2. The molecule has 1 aromatic rings. The standard InChI is InChI=1S/C23H27NO8/c1-24-9-8-22(13-4-5-14(28-2)15(10-13)29-3)6-7-23(11-17(22)24)30-12-16(32-23)20-18(25)19(26)21(27)31-20/h4-7,10,16-17,20,25-26H,8-9,11-12H2,1-3H3/t16?,17-,20?,22-,23?/m0/s1. The number of likely N-dealkylation sites (N-methyl/N-ethyl adjacent to an activating group) is 1. The van der Waals surface area contributed by atoms with Gasteiger partial charge in [0, 0.05) is 17.9 Å². The van der Waals surface area contributed by atoms with Crippen LogP contribution in [0.15, 0.2) is 41.9 Å². The van der Waals surface area contributed by atoms with Gasteiger partial charge in [0.1, 0.15) is 6.10 Å². The van der Waals surface area contributed by atoms with E-state index in [1.54, 1.807) is 14.2 Å². The molecule has 0 aromatic heterocycles. The molecule has 5 atom stereocenters. The third-order valence-corrected chi connectivity index (χ3v) is 7.16. The molecule has 9 heteroatoms. The molecular formula is C23H27NO8. The molecule has 1 aromatic carbocycles. The minimum absolute atomic E-state index is 0.0908. The van der Waals surface area contributed by atoms with Gasteiger partial charge in [-0.25, -0.2) is 4.79 Å². The van der Waals surface area contributed by atoms with Crippen LogP contribution in [0.2, 0.25) is 0 Å². The van der Waals surface area contributed by atoms with E-state index in [9.17, 15) is 15.0 Å². The van der Waals surface area contributed by atoms with Gasteiger partial charge in [-0.1, -0.05) is 12.1 Å². The van der Waals surface area contributed by atoms with E-state index in [2.05, 4.69) is 24.1 Å². The summed E-state index contributed by atoms with van der Waals surface area (Å²) in [5.41, 5.74) is 0.880. The molecule has 0 saturated carbocycles. The van der Waals surface area contributed by atoms with E-state index < -0.39 is 35.5 Å². The molecule has 1 spiro atoms. The number of carbonyl (C=O) groups excluding carboxylic acids is 1. The van der Waals surface area contributed by atoms with Gasteiger partial charge in [-0.05, 0) is 43.8 Å². The molecule has 32 heavy (non-hydrogen) atoms. The molecule has 0 radical (unpaired) electrons. The Kier molecular flexibility index (Phi) is 4.88. The maximum Gasteiger partial charge on any atom is 0.377 e. The second-order valence-electron chi connectivity index (χ2n) is 8.73. The lowest BCUT2D eigenvalue weighted by Crippen LogP contribution is -2.50. The van der Waals surface area contributed by atoms with Crippen molar-refractivity contribution in [2.24, 2.45) is 0 Å². The minimum atomic E-state index is -1.07. The Labute approximate surface area is 185 Å². The Morgan fingerprint density at radius 1 is 1.16 bits per heavy atom. The number of hydrogen-bond acceptors (Lipinski definition) is 9. The van der Waals surface area contributed by atoms with Gasteiger partial charge in [0.15, 0.2) is 29.1 Å². The Morgan fingerprint density at radius 3 is 2.62 bits per heavy atom. The minimum Gasteiger partial charge on any atom is -0.505 e. The van der Waals surface area contributed by atoms with E-state index in [1.807, 2.05) is 18.2 Å². The number of likely N-dealkylation sites (tertiary alicyclic amines) is 1. The summed E-state index contributed by atoms with van der Waals surface area (Å²) in [6.45, 7) is 1.03. The third kappa shape index (κ3) is 2.99. The van der Waals surface area contributed by atoms with Crippen molar-refractivity contribution >= 4 is 5.97 Å². The lowest BCUT2D eigenvalue weighted by atomic mass is 9.68. The smallest absolute Gasteiger partial charge is 0.377 e. The predicted molar refractivity (Wildman–Crippen MR) is 112 cm³/mol. The second kappa shape index (κ2) is 7.40. The van der Waals surface area contributed by atoms with Crippen molar-refractivity contribution in [1.29, 1.82) is 0 Å². The molecule has 9 nitrogen and oxygen atoms in total. The zero-order chi connectivity index (χ0) is 22.7. The molecular weight excluding hydrogens is 418 g/mol. The van der Waals surface area contributed by atoms with Crippen LogP contribution in [0.4, 0.5) is 0 Å². The average molecular weight is 445 g/mol. The number of carbonyl (C=O) groups is 1. The Hall–Kier alpha value is -2.75. The number of ether oxygens (including phenoxy) is 5. The average Bonchev–Trinajstić information content (AvgIpc) is 3.45. The van der Waals surface area contributed by atoms with Gasteiger partial charge in [0.2, 0.25) is 5.76 Å². The second-order valence-corrected chi connectivity index (χ2v) is 8.73. The molecule has 2 saturated heterocycles. The number of nitrogens with zero attached hydrogens (tertiary/aromatic N) is 1. The summed E-state index contributed by atoms with van der Waals surface area (Å²) in [7, 11) is 5.32. The number of aliphatic hydroxyl groups is 2. The fraction of sp³-hybridized carbons (Fsp3) is 0.522. The van der Waals surface area contributed by atoms with Crippen LogP contribution in [0, 0.1) is 0 Å². The highest BCUT2D eigenvalue weighted by Crippen LogP contribution is 2.51. The summed E-state index contributed by atoms with van der Waals surface area (Å²) < 4.78 is 28.3. The highest BCUT2D eigenvalue weighted by Gasteiger charge is 2.57. The SMILES string of the molecule is COc1ccc([C@@]23C=CC4(C[C@@H]2N(C)CC3)OCC(C2OC(=O)C(O)=C2O)O4)cc1OC. The number of rotatable bonds is 4. The molecule has 4 aliphatic rings. The molecule has 3 heterocycles. The molecule has 0 amide bonds. The van der Waals surface area contributed by atoms with Gasteiger partial charge in [0.05, 0.1) is 20.8 Å². The maximum absolute atomic E-state index is 11.6. The van der Waals surface area contributed by atoms with E-state index in [-0.39, 0.29) is 18.1 Å². The number of benzene rings is 1. The number of methoxy groups -OCH3 is 2. The summed E-state index contributed by atoms with van der Waals surface area (Å²) in [5.74, 6) is -1.89. The van der Waals surface area contributed by atoms with Crippen molar-refractivity contribution in [3.8, 4) is 11.5 Å². The lowest BCUT2D eigenvalue weighted by molar-refractivity contribution is -0.168. The van der Waals surface area contributed by atoms with Crippen molar-refractivity contribution < 1.29 is 38.7 Å². The first-order valence-electron chi connectivity index (χ1n) is 10.6. The van der Waals surface area contributed by atoms with Crippen LogP contribution in [-0.4, -0.2) is 79.5 Å². The maximum atomic E-state index is 11.6. The van der Waals surface area contributed by atoms with Crippen molar-refractivity contribution in [1.82, 2.24) is 4.90 Å². The molecule has 3 unspecified atom stereocenters. The number of fused-ring (bicyclic) bond motifs is 1. The third-order valence-electron chi connectivity index (χ3n) is 7.16. The number of aliphatic hydroxyl groups excluding tert-OH is 2. The van der Waals surface area contributed by atoms with E-state index in [1.165, 1.54) is 0 Å². The summed E-state index contributed by atoms with van der Waals surface area (Å²) in [6.07, 6.45) is 3.76. The van der Waals surface area contributed by atoms with Gasteiger partial charge in [0.25, 0.3) is 0 Å². The molecule has 172 valence electrons. The van der Waals surface area contributed by atoms with Crippen LogP contribution in [0.25, 0.3) is 0 Å². The fourth-order valence-electron chi connectivity index (χ4n) is 5.39. The first-order valence-corrected chi connectivity index (χ1v) is 10.6. The summed E-state index contributed by atoms with van der Waals surface area (Å²) in [5, 5.41) is 19.7. The molecule has 5 rings (SSSR count). The van der Waals surface area contributed by atoms with Crippen LogP contribution in [0.5, 0.6) is 11.5 Å². The highest BCUT2D eigenvalue weighted by molar-refractivity contribution is 5.89. The highest BCUT2D eigenvalue weighted by atomic mass is 16.8. The molecule has 2 fully saturated rings. The zero-order valence-corrected chi connectivity index (χ0v) is 18.2. The fourth-order valence-corrected chi connectivity index (χ4v) is 5.39. The predicted octanol–water partition coefficient (Wildman–Crippen LogP) is 1.97. The first kappa shape index (κ1) is 21.1. The van der Waals surface area contributed by atoms with Crippen molar-refractivity contribution in [3.63, 3.8) is 0 Å².